The molecule has 0 saturated carbocycles. The summed E-state index contributed by atoms with van der Waals surface area (Å²) in [6, 6.07) is 7.89. The normalized spacial score (nSPS) is 17.0. The number of nitrogens with zero attached hydrogens (tertiary/aromatic N) is 2. The Morgan fingerprint density at radius 2 is 1.88 bits per heavy atom. The first kappa shape index (κ1) is 15.5. The summed E-state index contributed by atoms with van der Waals surface area (Å²) in [4.78, 5) is 15.8. The van der Waals surface area contributed by atoms with Gasteiger partial charge in [0.05, 0.1) is 10.7 Å². The molecule has 122 valence electrons. The van der Waals surface area contributed by atoms with E-state index < -0.39 is 0 Å². The fourth-order valence-corrected chi connectivity index (χ4v) is 3.93. The van der Waals surface area contributed by atoms with Crippen molar-refractivity contribution >= 4 is 22.9 Å². The summed E-state index contributed by atoms with van der Waals surface area (Å²) >= 11 is 6.22. The Balaban J connectivity index is 2.01. The van der Waals surface area contributed by atoms with Crippen LogP contribution in [0.5, 0.6) is 0 Å². The number of piperidine rings is 1. The van der Waals surface area contributed by atoms with Gasteiger partial charge in [-0.3, -0.25) is 4.98 Å². The van der Waals surface area contributed by atoms with Crippen molar-refractivity contribution in [2.75, 3.05) is 13.1 Å². The highest BCUT2D eigenvalue weighted by atomic mass is 35.5. The number of nitrogens with one attached hydrogen (secondary N) is 1. The van der Waals surface area contributed by atoms with Crippen molar-refractivity contribution in [3.63, 3.8) is 0 Å². The van der Waals surface area contributed by atoms with E-state index in [0.29, 0.717) is 10.7 Å². The number of pyridine rings is 1. The van der Waals surface area contributed by atoms with Gasteiger partial charge in [0.2, 0.25) is 0 Å². The van der Waals surface area contributed by atoms with E-state index in [4.69, 9.17) is 16.6 Å². The number of hydrogen-bond donors (Lipinski definition) is 1. The Labute approximate surface area is 145 Å². The second-order valence-corrected chi connectivity index (χ2v) is 6.70. The predicted molar refractivity (Wildman–Crippen MR) is 96.7 cm³/mol. The Hall–Kier alpha value is -2.04. The summed E-state index contributed by atoms with van der Waals surface area (Å²) in [6.45, 7) is 1.95. The first-order valence-corrected chi connectivity index (χ1v) is 8.69. The predicted octanol–water partition coefficient (Wildman–Crippen LogP) is 4.42. The van der Waals surface area contributed by atoms with Crippen molar-refractivity contribution in [1.82, 2.24) is 10.3 Å². The molecule has 1 aromatic heterocycles. The van der Waals surface area contributed by atoms with Gasteiger partial charge in [-0.2, -0.15) is 0 Å². The van der Waals surface area contributed by atoms with Crippen molar-refractivity contribution in [2.24, 2.45) is 5.18 Å². The molecule has 4 rings (SSSR count). The molecule has 1 N–H and O–H groups in total. The quantitative estimate of drug-likeness (QED) is 0.782. The Morgan fingerprint density at radius 3 is 2.67 bits per heavy atom. The van der Waals surface area contributed by atoms with E-state index >= 15 is 0 Å². The van der Waals surface area contributed by atoms with E-state index in [1.807, 2.05) is 24.4 Å². The second kappa shape index (κ2) is 6.46. The van der Waals surface area contributed by atoms with Gasteiger partial charge in [0.1, 0.15) is 5.69 Å². The first-order chi connectivity index (χ1) is 11.8. The number of fused-ring (bicyclic) bond motifs is 2. The molecule has 2 aromatic rings. The molecule has 0 unspecified atom stereocenters. The minimum Gasteiger partial charge on any atom is -0.316 e. The van der Waals surface area contributed by atoms with Crippen LogP contribution >= 0.6 is 11.6 Å². The maximum atomic E-state index is 11.2. The lowest BCUT2D eigenvalue weighted by atomic mass is 9.89. The number of benzene rings is 1. The maximum Gasteiger partial charge on any atom is 0.127 e. The Bertz CT molecular complexity index is 837. The molecular weight excluding hydrogens is 322 g/mol. The van der Waals surface area contributed by atoms with E-state index in [0.717, 1.165) is 50.0 Å². The standard InChI is InChI=1S/C19H18ClN3O/c20-16-10-14-4-3-13-2-1-7-22-19(13)18(12-5-8-21-9-6-12)15(14)11-17(16)23-24/h1-2,7,10-11,21H,3-6,8-9H2. The highest BCUT2D eigenvalue weighted by Gasteiger charge is 2.24. The van der Waals surface area contributed by atoms with E-state index in [9.17, 15) is 4.91 Å². The lowest BCUT2D eigenvalue weighted by Gasteiger charge is -2.22. The van der Waals surface area contributed by atoms with Crippen LogP contribution in [-0.4, -0.2) is 18.1 Å². The zero-order chi connectivity index (χ0) is 16.5. The van der Waals surface area contributed by atoms with Crippen molar-refractivity contribution in [2.45, 2.75) is 25.7 Å². The Morgan fingerprint density at radius 1 is 1.08 bits per heavy atom. The third-order valence-electron chi connectivity index (χ3n) is 4.89. The lowest BCUT2D eigenvalue weighted by Crippen LogP contribution is -2.24. The minimum atomic E-state index is 0.307. The van der Waals surface area contributed by atoms with E-state index in [-0.39, 0.29) is 0 Å². The van der Waals surface area contributed by atoms with Gasteiger partial charge in [0.15, 0.2) is 0 Å². The first-order valence-electron chi connectivity index (χ1n) is 8.31. The lowest BCUT2D eigenvalue weighted by molar-refractivity contribution is 0.611. The van der Waals surface area contributed by atoms with Crippen molar-refractivity contribution < 1.29 is 0 Å². The summed E-state index contributed by atoms with van der Waals surface area (Å²) in [5, 5.41) is 6.94. The largest absolute Gasteiger partial charge is 0.316 e. The number of aromatic nitrogens is 1. The van der Waals surface area contributed by atoms with Crippen LogP contribution in [0.15, 0.2) is 41.2 Å². The summed E-state index contributed by atoms with van der Waals surface area (Å²) in [6.07, 6.45) is 5.66. The maximum absolute atomic E-state index is 11.2. The molecule has 2 heterocycles. The molecule has 1 aliphatic carbocycles. The third-order valence-corrected chi connectivity index (χ3v) is 5.20. The van der Waals surface area contributed by atoms with Crippen LogP contribution in [0.2, 0.25) is 5.02 Å². The van der Waals surface area contributed by atoms with Gasteiger partial charge in [0.25, 0.3) is 0 Å². The topological polar surface area (TPSA) is 54.4 Å². The van der Waals surface area contributed by atoms with E-state index in [2.05, 4.69) is 16.6 Å². The van der Waals surface area contributed by atoms with Crippen molar-refractivity contribution in [3.05, 3.63) is 68.3 Å². The molecule has 24 heavy (non-hydrogen) atoms. The number of aryl methyl sites for hydroxylation is 2. The van der Waals surface area contributed by atoms with Crippen LogP contribution in [0.25, 0.3) is 5.57 Å². The molecule has 1 saturated heterocycles. The molecule has 0 amide bonds. The summed E-state index contributed by atoms with van der Waals surface area (Å²) in [5.41, 5.74) is 7.44. The van der Waals surface area contributed by atoms with Gasteiger partial charge in [-0.1, -0.05) is 23.2 Å². The molecule has 1 fully saturated rings. The number of hydrogen-bond acceptors (Lipinski definition) is 4. The molecule has 0 radical (unpaired) electrons. The molecule has 2 aliphatic rings. The molecule has 0 spiro atoms. The molecule has 0 atom stereocenters. The van der Waals surface area contributed by atoms with Gasteiger partial charge in [-0.15, -0.1) is 4.91 Å². The zero-order valence-corrected chi connectivity index (χ0v) is 14.1. The van der Waals surface area contributed by atoms with Gasteiger partial charge < -0.3 is 5.32 Å². The molecule has 0 bridgehead atoms. The number of nitroso groups, excluding NO2 is 1. The SMILES string of the molecule is O=Nc1cc2c(cc1Cl)CCc1cccnc1C2=C1CCNCC1. The van der Waals surface area contributed by atoms with Crippen LogP contribution in [0.3, 0.4) is 0 Å². The fourth-order valence-electron chi connectivity index (χ4n) is 3.71. The fraction of sp³-hybridized carbons (Fsp3) is 0.316. The molecular formula is C19H18ClN3O. The zero-order valence-electron chi connectivity index (χ0n) is 13.3. The van der Waals surface area contributed by atoms with Gasteiger partial charge >= 0.3 is 0 Å². The van der Waals surface area contributed by atoms with Crippen LogP contribution in [0.1, 0.15) is 35.2 Å². The average Bonchev–Trinajstić information content (AvgIpc) is 2.78. The van der Waals surface area contributed by atoms with Crippen molar-refractivity contribution in [3.8, 4) is 0 Å². The Kier molecular flexibility index (Phi) is 4.17. The summed E-state index contributed by atoms with van der Waals surface area (Å²) in [7, 11) is 0. The van der Waals surface area contributed by atoms with E-state index in [1.165, 1.54) is 22.3 Å². The van der Waals surface area contributed by atoms with Gasteiger partial charge in [-0.05, 0) is 78.8 Å². The molecule has 5 heteroatoms. The van der Waals surface area contributed by atoms with Crippen LogP contribution < -0.4 is 5.32 Å². The molecule has 1 aromatic carbocycles. The molecule has 4 nitrogen and oxygen atoms in total. The van der Waals surface area contributed by atoms with Crippen LogP contribution in [0, 0.1) is 4.91 Å². The molecule has 1 aliphatic heterocycles. The highest BCUT2D eigenvalue weighted by molar-refractivity contribution is 6.33. The summed E-state index contributed by atoms with van der Waals surface area (Å²) in [5.74, 6) is 0. The highest BCUT2D eigenvalue weighted by Crippen LogP contribution is 2.40. The summed E-state index contributed by atoms with van der Waals surface area (Å²) < 4.78 is 0. The van der Waals surface area contributed by atoms with Gasteiger partial charge in [-0.25, -0.2) is 0 Å². The number of rotatable bonds is 1. The minimum absolute atomic E-state index is 0.307. The van der Waals surface area contributed by atoms with Crippen molar-refractivity contribution in [1.29, 1.82) is 0 Å². The van der Waals surface area contributed by atoms with Crippen LogP contribution in [-0.2, 0) is 12.8 Å². The van der Waals surface area contributed by atoms with Gasteiger partial charge in [0, 0.05) is 11.8 Å². The second-order valence-electron chi connectivity index (χ2n) is 6.29. The average molecular weight is 340 g/mol. The monoisotopic (exact) mass is 339 g/mol. The van der Waals surface area contributed by atoms with Crippen LogP contribution in [0.4, 0.5) is 5.69 Å². The van der Waals surface area contributed by atoms with E-state index in [1.54, 1.807) is 0 Å². The number of halogens is 1. The smallest absolute Gasteiger partial charge is 0.127 e. The third kappa shape index (κ3) is 2.66.